The molecule has 1 aliphatic heterocycles. The largest absolute Gasteiger partial charge is 0.271 e. The topological polar surface area (TPSA) is 29.4 Å². The van der Waals surface area contributed by atoms with Crippen molar-refractivity contribution in [2.24, 2.45) is 4.99 Å². The van der Waals surface area contributed by atoms with Crippen molar-refractivity contribution in [2.45, 2.75) is 31.9 Å². The molecule has 1 heterocycles. The molecule has 0 aromatic carbocycles. The highest BCUT2D eigenvalue weighted by atomic mass is 32.2. The van der Waals surface area contributed by atoms with Gasteiger partial charge in [0.2, 0.25) is 0 Å². The maximum absolute atomic E-state index is 11.0. The van der Waals surface area contributed by atoms with Gasteiger partial charge in [0.15, 0.2) is 0 Å². The molecule has 0 N–H and O–H groups in total. The van der Waals surface area contributed by atoms with Gasteiger partial charge in [0.05, 0.1) is 10.3 Å². The van der Waals surface area contributed by atoms with Crippen LogP contribution in [0.4, 0.5) is 0 Å². The van der Waals surface area contributed by atoms with E-state index in [2.05, 4.69) is 4.99 Å². The molecule has 10 heavy (non-hydrogen) atoms. The zero-order valence-electron chi connectivity index (χ0n) is 6.26. The van der Waals surface area contributed by atoms with Crippen molar-refractivity contribution >= 4 is 22.7 Å². The predicted octanol–water partition coefficient (Wildman–Crippen LogP) is 1.85. The number of carbonyl (C=O) groups excluding carboxylic acids is 1. The molecule has 0 fully saturated rings. The number of amides is 1. The molecule has 0 bridgehead atoms. The number of rotatable bonds is 2. The number of aliphatic imine (C=N–C) groups is 1. The fraction of sp³-hybridized carbons (Fsp3) is 0.714. The second-order valence-corrected chi connectivity index (χ2v) is 3.49. The lowest BCUT2D eigenvalue weighted by atomic mass is 10.3. The molecule has 0 aliphatic carbocycles. The second kappa shape index (κ2) is 3.19. The quantitative estimate of drug-likeness (QED) is 0.612. The first-order valence-electron chi connectivity index (χ1n) is 3.56. The SMILES string of the molecule is CCC1=NC(=O)C(CC)S1. The first-order chi connectivity index (χ1) is 4.77. The molecule has 1 atom stereocenters. The van der Waals surface area contributed by atoms with Gasteiger partial charge >= 0.3 is 0 Å². The van der Waals surface area contributed by atoms with E-state index in [-0.39, 0.29) is 11.2 Å². The van der Waals surface area contributed by atoms with Gasteiger partial charge in [-0.3, -0.25) is 4.79 Å². The molecule has 1 unspecified atom stereocenters. The van der Waals surface area contributed by atoms with Crippen molar-refractivity contribution in [1.82, 2.24) is 0 Å². The monoisotopic (exact) mass is 157 g/mol. The van der Waals surface area contributed by atoms with E-state index < -0.39 is 0 Å². The average Bonchev–Trinajstić information content (AvgIpc) is 2.30. The van der Waals surface area contributed by atoms with Crippen LogP contribution in [0.2, 0.25) is 0 Å². The molecule has 0 saturated heterocycles. The van der Waals surface area contributed by atoms with Crippen LogP contribution >= 0.6 is 11.8 Å². The third-order valence-electron chi connectivity index (χ3n) is 1.46. The molecule has 0 saturated carbocycles. The van der Waals surface area contributed by atoms with Gasteiger partial charge in [-0.15, -0.1) is 0 Å². The van der Waals surface area contributed by atoms with Gasteiger partial charge in [-0.1, -0.05) is 25.6 Å². The van der Waals surface area contributed by atoms with Crippen LogP contribution in [0.5, 0.6) is 0 Å². The molecule has 3 heteroatoms. The molecule has 1 rings (SSSR count). The maximum Gasteiger partial charge on any atom is 0.259 e. The summed E-state index contributed by atoms with van der Waals surface area (Å²) in [6, 6.07) is 0. The van der Waals surface area contributed by atoms with Gasteiger partial charge in [-0.05, 0) is 12.8 Å². The third kappa shape index (κ3) is 1.40. The van der Waals surface area contributed by atoms with Gasteiger partial charge in [0.25, 0.3) is 5.91 Å². The molecular weight excluding hydrogens is 146 g/mol. The molecule has 0 aromatic rings. The first kappa shape index (κ1) is 7.79. The van der Waals surface area contributed by atoms with Crippen LogP contribution in [0.15, 0.2) is 4.99 Å². The summed E-state index contributed by atoms with van der Waals surface area (Å²) in [5, 5.41) is 1.12. The molecule has 0 spiro atoms. The highest BCUT2D eigenvalue weighted by Crippen LogP contribution is 2.25. The van der Waals surface area contributed by atoms with E-state index in [1.165, 1.54) is 0 Å². The second-order valence-electron chi connectivity index (χ2n) is 2.21. The maximum atomic E-state index is 11.0. The van der Waals surface area contributed by atoms with Crippen molar-refractivity contribution < 1.29 is 4.79 Å². The molecule has 56 valence electrons. The number of hydrogen-bond donors (Lipinski definition) is 0. The fourth-order valence-electron chi connectivity index (χ4n) is 0.856. The van der Waals surface area contributed by atoms with E-state index in [0.717, 1.165) is 17.9 Å². The molecule has 0 aromatic heterocycles. The highest BCUT2D eigenvalue weighted by Gasteiger charge is 2.24. The fourth-order valence-corrected chi connectivity index (χ4v) is 1.81. The summed E-state index contributed by atoms with van der Waals surface area (Å²) < 4.78 is 0. The van der Waals surface area contributed by atoms with Gasteiger partial charge < -0.3 is 0 Å². The van der Waals surface area contributed by atoms with Crippen LogP contribution in [0, 0.1) is 0 Å². The third-order valence-corrected chi connectivity index (χ3v) is 2.93. The summed E-state index contributed by atoms with van der Waals surface area (Å²) in [7, 11) is 0. The van der Waals surface area contributed by atoms with E-state index in [1.54, 1.807) is 11.8 Å². The van der Waals surface area contributed by atoms with E-state index in [0.29, 0.717) is 0 Å². The first-order valence-corrected chi connectivity index (χ1v) is 4.44. The summed E-state index contributed by atoms with van der Waals surface area (Å²) in [4.78, 5) is 14.9. The molecule has 1 amide bonds. The van der Waals surface area contributed by atoms with Gasteiger partial charge in [-0.25, -0.2) is 4.99 Å². The van der Waals surface area contributed by atoms with Gasteiger partial charge in [0, 0.05) is 0 Å². The standard InChI is InChI=1S/C7H11NOS/c1-3-5-7(9)8-6(4-2)10-5/h5H,3-4H2,1-2H3. The molecule has 1 aliphatic rings. The van der Waals surface area contributed by atoms with E-state index in [4.69, 9.17) is 0 Å². The van der Waals surface area contributed by atoms with Crippen LogP contribution < -0.4 is 0 Å². The van der Waals surface area contributed by atoms with Crippen molar-refractivity contribution in [3.63, 3.8) is 0 Å². The Balaban J connectivity index is 2.57. The average molecular weight is 157 g/mol. The minimum Gasteiger partial charge on any atom is -0.271 e. The van der Waals surface area contributed by atoms with Gasteiger partial charge in [0.1, 0.15) is 0 Å². The Kier molecular flexibility index (Phi) is 2.49. The summed E-state index contributed by atoms with van der Waals surface area (Å²) in [6.07, 6.45) is 1.80. The number of hydrogen-bond acceptors (Lipinski definition) is 2. The number of nitrogens with zero attached hydrogens (tertiary/aromatic N) is 1. The normalized spacial score (nSPS) is 25.2. The highest BCUT2D eigenvalue weighted by molar-refractivity contribution is 8.15. The van der Waals surface area contributed by atoms with E-state index in [9.17, 15) is 4.79 Å². The minimum absolute atomic E-state index is 0.0596. The van der Waals surface area contributed by atoms with Crippen LogP contribution in [0.25, 0.3) is 0 Å². The van der Waals surface area contributed by atoms with Crippen LogP contribution in [-0.2, 0) is 4.79 Å². The number of thioether (sulfide) groups is 1. The lowest BCUT2D eigenvalue weighted by molar-refractivity contribution is -0.117. The Morgan fingerprint density at radius 2 is 2.30 bits per heavy atom. The van der Waals surface area contributed by atoms with Crippen molar-refractivity contribution in [3.8, 4) is 0 Å². The minimum atomic E-state index is 0.0596. The Bertz CT molecular complexity index is 176. The molecular formula is C7H11NOS. The summed E-state index contributed by atoms with van der Waals surface area (Å²) >= 11 is 1.62. The Labute approximate surface area is 65.1 Å². The Hall–Kier alpha value is -0.310. The lowest BCUT2D eigenvalue weighted by Crippen LogP contribution is -2.07. The van der Waals surface area contributed by atoms with Crippen molar-refractivity contribution in [3.05, 3.63) is 0 Å². The summed E-state index contributed by atoms with van der Waals surface area (Å²) in [5.74, 6) is 0.0596. The van der Waals surface area contributed by atoms with Gasteiger partial charge in [-0.2, -0.15) is 0 Å². The van der Waals surface area contributed by atoms with Crippen LogP contribution in [0.3, 0.4) is 0 Å². The van der Waals surface area contributed by atoms with Crippen LogP contribution in [-0.4, -0.2) is 16.2 Å². The lowest BCUT2D eigenvalue weighted by Gasteiger charge is -1.98. The Morgan fingerprint density at radius 1 is 1.60 bits per heavy atom. The predicted molar refractivity (Wildman–Crippen MR) is 44.4 cm³/mol. The molecule has 2 nitrogen and oxygen atoms in total. The summed E-state index contributed by atoms with van der Waals surface area (Å²) in [6.45, 7) is 4.04. The zero-order chi connectivity index (χ0) is 7.56. The number of carbonyl (C=O) groups is 1. The smallest absolute Gasteiger partial charge is 0.259 e. The summed E-state index contributed by atoms with van der Waals surface area (Å²) in [5.41, 5.74) is 0. The zero-order valence-corrected chi connectivity index (χ0v) is 7.07. The van der Waals surface area contributed by atoms with Crippen molar-refractivity contribution in [1.29, 1.82) is 0 Å². The van der Waals surface area contributed by atoms with E-state index >= 15 is 0 Å². The Morgan fingerprint density at radius 3 is 2.60 bits per heavy atom. The molecule has 0 radical (unpaired) electrons. The van der Waals surface area contributed by atoms with Crippen molar-refractivity contribution in [2.75, 3.05) is 0 Å². The van der Waals surface area contributed by atoms with E-state index in [1.807, 2.05) is 13.8 Å². The van der Waals surface area contributed by atoms with Crippen LogP contribution in [0.1, 0.15) is 26.7 Å².